The molecule has 0 saturated heterocycles. The molecule has 0 bridgehead atoms. The quantitative estimate of drug-likeness (QED) is 0.611. The number of carbonyl (C=O) groups is 1. The van der Waals surface area contributed by atoms with Crippen molar-refractivity contribution in [2.24, 2.45) is 0 Å². The molecule has 2 rings (SSSR count). The van der Waals surface area contributed by atoms with Crippen molar-refractivity contribution < 1.29 is 4.79 Å². The summed E-state index contributed by atoms with van der Waals surface area (Å²) in [6, 6.07) is 4.19. The summed E-state index contributed by atoms with van der Waals surface area (Å²) >= 11 is 0. The molecule has 0 spiro atoms. The van der Waals surface area contributed by atoms with E-state index in [1.807, 2.05) is 13.0 Å². The van der Waals surface area contributed by atoms with E-state index >= 15 is 0 Å². The Labute approximate surface area is 85.1 Å². The van der Waals surface area contributed by atoms with Crippen LogP contribution in [0.2, 0.25) is 0 Å². The van der Waals surface area contributed by atoms with E-state index in [0.29, 0.717) is 12.2 Å². The number of benzene rings is 1. The molecule has 1 aromatic carbocycles. The smallest absolute Gasteiger partial charge is 0.164 e. The van der Waals surface area contributed by atoms with E-state index in [0.717, 1.165) is 5.56 Å². The van der Waals surface area contributed by atoms with Gasteiger partial charge in [0, 0.05) is 12.0 Å². The Hall–Kier alpha value is -1.11. The van der Waals surface area contributed by atoms with Gasteiger partial charge in [0.05, 0.1) is 0 Å². The summed E-state index contributed by atoms with van der Waals surface area (Å²) in [6.07, 6.45) is 0.659. The molecule has 0 atom stereocenters. The van der Waals surface area contributed by atoms with Gasteiger partial charge in [0.1, 0.15) is 0 Å². The van der Waals surface area contributed by atoms with E-state index in [9.17, 15) is 4.79 Å². The summed E-state index contributed by atoms with van der Waals surface area (Å²) in [4.78, 5) is 11.8. The predicted octanol–water partition coefficient (Wildman–Crippen LogP) is 3.17. The van der Waals surface area contributed by atoms with Gasteiger partial charge in [-0.15, -0.1) is 0 Å². The first-order chi connectivity index (χ1) is 6.42. The molecule has 0 heterocycles. The van der Waals surface area contributed by atoms with Crippen LogP contribution in [0.5, 0.6) is 0 Å². The Morgan fingerprint density at radius 3 is 2.50 bits per heavy atom. The molecule has 0 aliphatic heterocycles. The Bertz CT molecular complexity index is 413. The fraction of sp³-hybridized carbons (Fsp3) is 0.462. The van der Waals surface area contributed by atoms with Crippen LogP contribution in [0.4, 0.5) is 0 Å². The molecule has 0 saturated carbocycles. The van der Waals surface area contributed by atoms with Crippen molar-refractivity contribution in [3.05, 3.63) is 34.4 Å². The minimum Gasteiger partial charge on any atom is -0.294 e. The normalized spacial score (nSPS) is 18.4. The third kappa shape index (κ3) is 1.19. The van der Waals surface area contributed by atoms with Crippen LogP contribution in [0.3, 0.4) is 0 Å². The molecule has 0 aromatic heterocycles. The maximum absolute atomic E-state index is 11.8. The highest BCUT2D eigenvalue weighted by Gasteiger charge is 2.36. The lowest BCUT2D eigenvalue weighted by molar-refractivity contribution is 0.0979. The lowest BCUT2D eigenvalue weighted by atomic mass is 9.83. The molecule has 0 N–H and O–H groups in total. The first kappa shape index (κ1) is 9.45. The molecule has 0 amide bonds. The molecule has 1 nitrogen and oxygen atoms in total. The molecular weight excluding hydrogens is 172 g/mol. The molecule has 1 aliphatic carbocycles. The highest BCUT2D eigenvalue weighted by molar-refractivity contribution is 6.02. The lowest BCUT2D eigenvalue weighted by Crippen LogP contribution is -2.14. The maximum Gasteiger partial charge on any atom is 0.164 e. The van der Waals surface area contributed by atoms with Gasteiger partial charge in [-0.25, -0.2) is 0 Å². The largest absolute Gasteiger partial charge is 0.294 e. The number of Topliss-reactive ketones (excluding diaryl/α,β-unsaturated/α-hetero) is 1. The van der Waals surface area contributed by atoms with E-state index in [1.165, 1.54) is 16.7 Å². The van der Waals surface area contributed by atoms with Crippen LogP contribution in [-0.4, -0.2) is 5.78 Å². The Morgan fingerprint density at radius 2 is 1.86 bits per heavy atom. The topological polar surface area (TPSA) is 17.1 Å². The van der Waals surface area contributed by atoms with Crippen LogP contribution >= 0.6 is 0 Å². The van der Waals surface area contributed by atoms with Crippen molar-refractivity contribution in [2.45, 2.75) is 39.5 Å². The third-order valence-electron chi connectivity index (χ3n) is 3.06. The van der Waals surface area contributed by atoms with Gasteiger partial charge in [-0.3, -0.25) is 4.79 Å². The molecule has 1 heteroatoms. The second-order valence-corrected chi connectivity index (χ2v) is 4.99. The van der Waals surface area contributed by atoms with Crippen molar-refractivity contribution in [3.63, 3.8) is 0 Å². The number of hydrogen-bond acceptors (Lipinski definition) is 1. The first-order valence-electron chi connectivity index (χ1n) is 5.07. The molecule has 1 aliphatic rings. The van der Waals surface area contributed by atoms with E-state index < -0.39 is 0 Å². The summed E-state index contributed by atoms with van der Waals surface area (Å²) in [6.45, 7) is 8.45. The van der Waals surface area contributed by atoms with Crippen molar-refractivity contribution in [2.75, 3.05) is 0 Å². The van der Waals surface area contributed by atoms with Gasteiger partial charge in [-0.2, -0.15) is 0 Å². The summed E-state index contributed by atoms with van der Waals surface area (Å²) in [5.74, 6) is 0.303. The van der Waals surface area contributed by atoms with Crippen molar-refractivity contribution in [1.29, 1.82) is 0 Å². The second-order valence-electron chi connectivity index (χ2n) is 4.99. The van der Waals surface area contributed by atoms with Crippen LogP contribution in [0.25, 0.3) is 0 Å². The number of ketones is 1. The van der Waals surface area contributed by atoms with Gasteiger partial charge in [-0.1, -0.05) is 25.5 Å². The average molecular weight is 188 g/mol. The van der Waals surface area contributed by atoms with E-state index in [-0.39, 0.29) is 5.41 Å². The molecule has 1 aromatic rings. The summed E-state index contributed by atoms with van der Waals surface area (Å²) in [5.41, 5.74) is 4.69. The van der Waals surface area contributed by atoms with Gasteiger partial charge < -0.3 is 0 Å². The predicted molar refractivity (Wildman–Crippen MR) is 57.9 cm³/mol. The molecular formula is C13H16O. The van der Waals surface area contributed by atoms with Crippen LogP contribution in [0.15, 0.2) is 12.1 Å². The SMILES string of the molecule is Cc1cc(C)c2c(c1)C(=O)CC2(C)C. The van der Waals surface area contributed by atoms with Crippen LogP contribution in [-0.2, 0) is 5.41 Å². The van der Waals surface area contributed by atoms with Crippen LogP contribution in [0, 0.1) is 13.8 Å². The van der Waals surface area contributed by atoms with E-state index in [4.69, 9.17) is 0 Å². The molecule has 0 unspecified atom stereocenters. The molecule has 0 radical (unpaired) electrons. The first-order valence-corrected chi connectivity index (χ1v) is 5.07. The standard InChI is InChI=1S/C13H16O/c1-8-5-9(2)12-10(6-8)11(14)7-13(12,3)4/h5-6H,7H2,1-4H3. The lowest BCUT2D eigenvalue weighted by Gasteiger charge is -2.20. The zero-order valence-electron chi connectivity index (χ0n) is 9.27. The van der Waals surface area contributed by atoms with Gasteiger partial charge in [0.25, 0.3) is 0 Å². The number of aryl methyl sites for hydroxylation is 2. The Kier molecular flexibility index (Phi) is 1.82. The number of hydrogen-bond donors (Lipinski definition) is 0. The highest BCUT2D eigenvalue weighted by Crippen LogP contribution is 2.40. The Balaban J connectivity index is 2.75. The van der Waals surface area contributed by atoms with Crippen molar-refractivity contribution in [3.8, 4) is 0 Å². The minimum absolute atomic E-state index is 0.0319. The van der Waals surface area contributed by atoms with Crippen LogP contribution < -0.4 is 0 Å². The summed E-state index contributed by atoms with van der Waals surface area (Å²) in [7, 11) is 0. The van der Waals surface area contributed by atoms with Crippen molar-refractivity contribution >= 4 is 5.78 Å². The van der Waals surface area contributed by atoms with Gasteiger partial charge in [0.15, 0.2) is 5.78 Å². The summed E-state index contributed by atoms with van der Waals surface area (Å²) in [5, 5.41) is 0. The molecule has 0 fully saturated rings. The molecule has 74 valence electrons. The van der Waals surface area contributed by atoms with E-state index in [2.05, 4.69) is 26.8 Å². The van der Waals surface area contributed by atoms with Crippen LogP contribution in [0.1, 0.15) is 47.3 Å². The monoisotopic (exact) mass is 188 g/mol. The van der Waals surface area contributed by atoms with E-state index in [1.54, 1.807) is 0 Å². The summed E-state index contributed by atoms with van der Waals surface area (Å²) < 4.78 is 0. The zero-order valence-corrected chi connectivity index (χ0v) is 9.27. The van der Waals surface area contributed by atoms with Gasteiger partial charge in [-0.05, 0) is 36.5 Å². The maximum atomic E-state index is 11.8. The number of carbonyl (C=O) groups excluding carboxylic acids is 1. The Morgan fingerprint density at radius 1 is 1.21 bits per heavy atom. The number of fused-ring (bicyclic) bond motifs is 1. The highest BCUT2D eigenvalue weighted by atomic mass is 16.1. The fourth-order valence-electron chi connectivity index (χ4n) is 2.67. The zero-order chi connectivity index (χ0) is 10.5. The third-order valence-corrected chi connectivity index (χ3v) is 3.06. The number of rotatable bonds is 0. The molecule has 14 heavy (non-hydrogen) atoms. The average Bonchev–Trinajstić information content (AvgIpc) is 2.21. The second kappa shape index (κ2) is 2.69. The van der Waals surface area contributed by atoms with Gasteiger partial charge >= 0.3 is 0 Å². The van der Waals surface area contributed by atoms with Crippen molar-refractivity contribution in [1.82, 2.24) is 0 Å². The fourth-order valence-corrected chi connectivity index (χ4v) is 2.67. The van der Waals surface area contributed by atoms with Gasteiger partial charge in [0.2, 0.25) is 0 Å². The minimum atomic E-state index is 0.0319.